The van der Waals surface area contributed by atoms with E-state index in [9.17, 15) is 8.78 Å². The van der Waals surface area contributed by atoms with Gasteiger partial charge < -0.3 is 0 Å². The van der Waals surface area contributed by atoms with Crippen molar-refractivity contribution in [2.75, 3.05) is 11.8 Å². The van der Waals surface area contributed by atoms with Crippen LogP contribution in [0.3, 0.4) is 0 Å². The fraction of sp³-hybridized carbons (Fsp3) is 0.294. The van der Waals surface area contributed by atoms with Gasteiger partial charge in [0.1, 0.15) is 0 Å². The van der Waals surface area contributed by atoms with Crippen molar-refractivity contribution < 1.29 is 8.78 Å². The first-order valence-corrected chi connectivity index (χ1v) is 7.71. The van der Waals surface area contributed by atoms with Crippen molar-refractivity contribution in [3.63, 3.8) is 0 Å². The summed E-state index contributed by atoms with van der Waals surface area (Å²) >= 11 is 12.3. The van der Waals surface area contributed by atoms with Gasteiger partial charge in [-0.2, -0.15) is 0 Å². The summed E-state index contributed by atoms with van der Waals surface area (Å²) in [5.41, 5.74) is 1.72. The molecule has 0 saturated heterocycles. The molecule has 0 aliphatic rings. The van der Waals surface area contributed by atoms with Crippen molar-refractivity contribution in [3.8, 4) is 0 Å². The topological polar surface area (TPSA) is 0 Å². The molecule has 0 saturated carbocycles. The number of rotatable bonds is 5. The molecule has 0 heterocycles. The largest absolute Gasteiger partial charge is 0.204 e. The minimum atomic E-state index is -0.852. The first kappa shape index (κ1) is 16.3. The van der Waals surface area contributed by atoms with E-state index in [-0.39, 0.29) is 23.7 Å². The second-order valence-corrected chi connectivity index (χ2v) is 5.84. The molecule has 0 unspecified atom stereocenters. The summed E-state index contributed by atoms with van der Waals surface area (Å²) in [5.74, 6) is -1.22. The molecule has 112 valence electrons. The lowest BCUT2D eigenvalue weighted by Crippen LogP contribution is -2.33. The van der Waals surface area contributed by atoms with Gasteiger partial charge in [-0.05, 0) is 30.5 Å². The second-order valence-electron chi connectivity index (χ2n) is 5.30. The quantitative estimate of drug-likeness (QED) is 0.659. The van der Waals surface area contributed by atoms with Gasteiger partial charge in [-0.1, -0.05) is 42.0 Å². The van der Waals surface area contributed by atoms with Crippen LogP contribution in [0.1, 0.15) is 16.7 Å². The van der Waals surface area contributed by atoms with Crippen LogP contribution in [0.15, 0.2) is 42.5 Å². The predicted molar refractivity (Wildman–Crippen MR) is 84.4 cm³/mol. The maximum absolute atomic E-state index is 13.9. The van der Waals surface area contributed by atoms with E-state index in [1.807, 2.05) is 31.2 Å². The highest BCUT2D eigenvalue weighted by atomic mass is 35.5. The fourth-order valence-electron chi connectivity index (χ4n) is 2.34. The van der Waals surface area contributed by atoms with E-state index in [4.69, 9.17) is 23.2 Å². The SMILES string of the molecule is Cc1ccc(C(CCl)(CCl)Cc2cccc(F)c2F)cc1. The van der Waals surface area contributed by atoms with E-state index in [0.717, 1.165) is 17.2 Å². The summed E-state index contributed by atoms with van der Waals surface area (Å²) in [6.45, 7) is 1.99. The molecule has 4 heteroatoms. The van der Waals surface area contributed by atoms with Gasteiger partial charge in [-0.25, -0.2) is 8.78 Å². The number of aryl methyl sites for hydroxylation is 1. The summed E-state index contributed by atoms with van der Waals surface area (Å²) in [7, 11) is 0. The Hall–Kier alpha value is -1.12. The Morgan fingerprint density at radius 3 is 2.14 bits per heavy atom. The van der Waals surface area contributed by atoms with Gasteiger partial charge in [0.2, 0.25) is 0 Å². The van der Waals surface area contributed by atoms with Crippen LogP contribution in [-0.4, -0.2) is 11.8 Å². The zero-order valence-electron chi connectivity index (χ0n) is 11.7. The molecule has 0 nitrogen and oxygen atoms in total. The maximum atomic E-state index is 13.9. The first-order valence-electron chi connectivity index (χ1n) is 6.64. The minimum absolute atomic E-state index is 0.232. The number of alkyl halides is 2. The van der Waals surface area contributed by atoms with Crippen LogP contribution in [-0.2, 0) is 11.8 Å². The molecule has 0 bridgehead atoms. The number of hydrogen-bond donors (Lipinski definition) is 0. The lowest BCUT2D eigenvalue weighted by molar-refractivity contribution is 0.472. The molecule has 0 spiro atoms. The molecular weight excluding hydrogens is 313 g/mol. The van der Waals surface area contributed by atoms with Gasteiger partial charge in [0.25, 0.3) is 0 Å². The number of benzene rings is 2. The molecule has 0 aromatic heterocycles. The summed E-state index contributed by atoms with van der Waals surface area (Å²) in [6.07, 6.45) is 0.257. The molecule has 0 N–H and O–H groups in total. The van der Waals surface area contributed by atoms with Gasteiger partial charge in [0, 0.05) is 17.2 Å². The van der Waals surface area contributed by atoms with Crippen LogP contribution >= 0.6 is 23.2 Å². The van der Waals surface area contributed by atoms with Gasteiger partial charge >= 0.3 is 0 Å². The Balaban J connectivity index is 2.43. The maximum Gasteiger partial charge on any atom is 0.162 e. The van der Waals surface area contributed by atoms with E-state index in [1.165, 1.54) is 6.07 Å². The third-order valence-electron chi connectivity index (χ3n) is 3.74. The summed E-state index contributed by atoms with van der Waals surface area (Å²) in [6, 6.07) is 12.0. The molecule has 0 atom stereocenters. The van der Waals surface area contributed by atoms with E-state index >= 15 is 0 Å². The van der Waals surface area contributed by atoms with E-state index < -0.39 is 17.0 Å². The molecule has 21 heavy (non-hydrogen) atoms. The highest BCUT2D eigenvalue weighted by Gasteiger charge is 2.32. The Kier molecular flexibility index (Phi) is 5.23. The van der Waals surface area contributed by atoms with E-state index in [1.54, 1.807) is 6.07 Å². The second kappa shape index (κ2) is 6.76. The fourth-order valence-corrected chi connectivity index (χ4v) is 3.13. The summed E-state index contributed by atoms with van der Waals surface area (Å²) in [5, 5.41) is 0. The van der Waals surface area contributed by atoms with Crippen molar-refractivity contribution in [2.45, 2.75) is 18.8 Å². The summed E-state index contributed by atoms with van der Waals surface area (Å²) < 4.78 is 27.3. The first-order chi connectivity index (χ1) is 10.0. The third-order valence-corrected chi connectivity index (χ3v) is 4.76. The number of hydrogen-bond acceptors (Lipinski definition) is 0. The predicted octanol–water partition coefficient (Wildman–Crippen LogP) is 5.23. The lowest BCUT2D eigenvalue weighted by Gasteiger charge is -2.30. The van der Waals surface area contributed by atoms with Crippen molar-refractivity contribution in [1.29, 1.82) is 0 Å². The van der Waals surface area contributed by atoms with Gasteiger partial charge in [-0.15, -0.1) is 23.2 Å². The van der Waals surface area contributed by atoms with Gasteiger partial charge in [0.05, 0.1) is 0 Å². The standard InChI is InChI=1S/C17H16Cl2F2/c1-12-5-7-14(8-6-12)17(10-18,11-19)9-13-3-2-4-15(20)16(13)21/h2-8H,9-11H2,1H3. The molecule has 2 rings (SSSR count). The van der Waals surface area contributed by atoms with E-state index in [2.05, 4.69) is 0 Å². The van der Waals surface area contributed by atoms with Crippen molar-refractivity contribution in [2.24, 2.45) is 0 Å². The molecule has 0 radical (unpaired) electrons. The highest BCUT2D eigenvalue weighted by molar-refractivity contribution is 6.22. The van der Waals surface area contributed by atoms with E-state index in [0.29, 0.717) is 0 Å². The van der Waals surface area contributed by atoms with Gasteiger partial charge in [-0.3, -0.25) is 0 Å². The average molecular weight is 329 g/mol. The van der Waals surface area contributed by atoms with Gasteiger partial charge in [0.15, 0.2) is 11.6 Å². The van der Waals surface area contributed by atoms with Crippen LogP contribution in [0.2, 0.25) is 0 Å². The van der Waals surface area contributed by atoms with Crippen LogP contribution < -0.4 is 0 Å². The molecule has 0 fully saturated rings. The van der Waals surface area contributed by atoms with Crippen LogP contribution in [0.5, 0.6) is 0 Å². The lowest BCUT2D eigenvalue weighted by atomic mass is 9.78. The van der Waals surface area contributed by atoms with Crippen molar-refractivity contribution in [3.05, 3.63) is 70.8 Å². The monoisotopic (exact) mass is 328 g/mol. The van der Waals surface area contributed by atoms with Crippen LogP contribution in [0.4, 0.5) is 8.78 Å². The van der Waals surface area contributed by atoms with Crippen LogP contribution in [0, 0.1) is 18.6 Å². The highest BCUT2D eigenvalue weighted by Crippen LogP contribution is 2.33. The molecular formula is C17H16Cl2F2. The zero-order valence-corrected chi connectivity index (χ0v) is 13.2. The molecule has 2 aromatic rings. The zero-order chi connectivity index (χ0) is 15.5. The Labute approximate surface area is 133 Å². The average Bonchev–Trinajstić information content (AvgIpc) is 2.50. The number of halogens is 4. The van der Waals surface area contributed by atoms with Crippen molar-refractivity contribution in [1.82, 2.24) is 0 Å². The Bertz CT molecular complexity index is 605. The molecule has 2 aromatic carbocycles. The Morgan fingerprint density at radius 2 is 1.57 bits per heavy atom. The smallest absolute Gasteiger partial charge is 0.162 e. The normalized spacial score (nSPS) is 11.7. The third kappa shape index (κ3) is 3.38. The minimum Gasteiger partial charge on any atom is -0.204 e. The molecule has 0 aliphatic heterocycles. The molecule has 0 aliphatic carbocycles. The Morgan fingerprint density at radius 1 is 0.952 bits per heavy atom. The molecule has 0 amide bonds. The summed E-state index contributed by atoms with van der Waals surface area (Å²) in [4.78, 5) is 0. The van der Waals surface area contributed by atoms with Crippen molar-refractivity contribution >= 4 is 23.2 Å². The van der Waals surface area contributed by atoms with Crippen LogP contribution in [0.25, 0.3) is 0 Å².